The molecule has 4 rings (SSSR count). The number of carbonyl (C=O) groups is 3. The lowest BCUT2D eigenvalue weighted by Crippen LogP contribution is -2.60. The fraction of sp³-hybridized carbons (Fsp3) is 0.375. The second-order valence-corrected chi connectivity index (χ2v) is 8.06. The molecule has 2 aliphatic rings. The van der Waals surface area contributed by atoms with Gasteiger partial charge in [0.2, 0.25) is 0 Å². The topological polar surface area (TPSA) is 76.1 Å². The molecule has 3 atom stereocenters. The Morgan fingerprint density at radius 3 is 2.45 bits per heavy atom. The molecule has 1 fully saturated rings. The highest BCUT2D eigenvalue weighted by Crippen LogP contribution is 2.53. The van der Waals surface area contributed by atoms with Gasteiger partial charge in [0.05, 0.1) is 12.5 Å². The van der Waals surface area contributed by atoms with Crippen molar-refractivity contribution >= 4 is 23.7 Å². The standard InChI is InChI=1S/C24H26N2O5/c1-4-30-21(27)18-14-26(23(29)31-15-16-10-6-5-7-11-16)24(2)20(18)17-12-8-9-13-19(17)25(3)22(24)28/h5-13,18,20H,4,14-15H2,1-3H3/t18-,20+,24-/m0/s1. The lowest BCUT2D eigenvalue weighted by molar-refractivity contribution is -0.148. The zero-order valence-corrected chi connectivity index (χ0v) is 17.9. The number of fused-ring (bicyclic) bond motifs is 3. The monoisotopic (exact) mass is 422 g/mol. The second-order valence-electron chi connectivity index (χ2n) is 8.06. The molecule has 0 N–H and O–H groups in total. The molecule has 0 radical (unpaired) electrons. The molecule has 7 heteroatoms. The maximum absolute atomic E-state index is 13.5. The predicted molar refractivity (Wildman–Crippen MR) is 114 cm³/mol. The van der Waals surface area contributed by atoms with Crippen molar-refractivity contribution in [1.29, 1.82) is 0 Å². The molecule has 0 unspecified atom stereocenters. The van der Waals surface area contributed by atoms with Gasteiger partial charge in [0.1, 0.15) is 12.1 Å². The highest BCUT2D eigenvalue weighted by Gasteiger charge is 2.63. The predicted octanol–water partition coefficient (Wildman–Crippen LogP) is 3.34. The van der Waals surface area contributed by atoms with Crippen molar-refractivity contribution in [3.8, 4) is 0 Å². The molecule has 0 spiro atoms. The van der Waals surface area contributed by atoms with E-state index in [2.05, 4.69) is 0 Å². The Hall–Kier alpha value is -3.35. The molecule has 2 heterocycles. The quantitative estimate of drug-likeness (QED) is 0.707. The van der Waals surface area contributed by atoms with Gasteiger partial charge in [-0.15, -0.1) is 0 Å². The summed E-state index contributed by atoms with van der Waals surface area (Å²) in [5.74, 6) is -1.84. The summed E-state index contributed by atoms with van der Waals surface area (Å²) in [5.41, 5.74) is 1.18. The molecule has 0 saturated carbocycles. The minimum absolute atomic E-state index is 0.0571. The third-order valence-corrected chi connectivity index (χ3v) is 6.33. The van der Waals surface area contributed by atoms with E-state index in [1.165, 1.54) is 4.90 Å². The average molecular weight is 422 g/mol. The fourth-order valence-electron chi connectivity index (χ4n) is 4.85. The summed E-state index contributed by atoms with van der Waals surface area (Å²) in [4.78, 5) is 42.5. The number of para-hydroxylation sites is 1. The molecule has 2 aromatic rings. The normalized spacial score (nSPS) is 24.4. The van der Waals surface area contributed by atoms with Crippen molar-refractivity contribution in [2.24, 2.45) is 5.92 Å². The van der Waals surface area contributed by atoms with E-state index in [9.17, 15) is 14.4 Å². The van der Waals surface area contributed by atoms with Gasteiger partial charge >= 0.3 is 12.1 Å². The number of likely N-dealkylation sites (tertiary alicyclic amines) is 1. The molecular weight excluding hydrogens is 396 g/mol. The molecular formula is C24H26N2O5. The number of benzene rings is 2. The molecule has 0 bridgehead atoms. The Morgan fingerprint density at radius 1 is 1.06 bits per heavy atom. The van der Waals surface area contributed by atoms with Gasteiger partial charge in [0.15, 0.2) is 0 Å². The number of esters is 1. The van der Waals surface area contributed by atoms with E-state index in [1.54, 1.807) is 25.8 Å². The first-order valence-electron chi connectivity index (χ1n) is 10.4. The van der Waals surface area contributed by atoms with Crippen molar-refractivity contribution in [1.82, 2.24) is 4.90 Å². The van der Waals surface area contributed by atoms with Crippen LogP contribution in [0.5, 0.6) is 0 Å². The maximum Gasteiger partial charge on any atom is 0.411 e. The number of amides is 2. The molecule has 0 aromatic heterocycles. The Kier molecular flexibility index (Phi) is 5.43. The van der Waals surface area contributed by atoms with Crippen LogP contribution in [0.2, 0.25) is 0 Å². The first-order chi connectivity index (χ1) is 14.9. The van der Waals surface area contributed by atoms with Gasteiger partial charge in [-0.3, -0.25) is 14.5 Å². The second kappa shape index (κ2) is 8.06. The lowest BCUT2D eigenvalue weighted by Gasteiger charge is -2.45. The summed E-state index contributed by atoms with van der Waals surface area (Å²) in [5, 5.41) is 0. The maximum atomic E-state index is 13.5. The number of ether oxygens (including phenoxy) is 2. The van der Waals surface area contributed by atoms with E-state index in [4.69, 9.17) is 9.47 Å². The minimum Gasteiger partial charge on any atom is -0.466 e. The average Bonchev–Trinajstić information content (AvgIpc) is 3.11. The molecule has 162 valence electrons. The van der Waals surface area contributed by atoms with Crippen LogP contribution in [0.25, 0.3) is 0 Å². The van der Waals surface area contributed by atoms with Crippen molar-refractivity contribution in [2.75, 3.05) is 25.1 Å². The van der Waals surface area contributed by atoms with Crippen LogP contribution in [-0.4, -0.2) is 48.6 Å². The van der Waals surface area contributed by atoms with Gasteiger partial charge in [-0.2, -0.15) is 0 Å². The summed E-state index contributed by atoms with van der Waals surface area (Å²) >= 11 is 0. The van der Waals surface area contributed by atoms with E-state index >= 15 is 0 Å². The molecule has 2 aliphatic heterocycles. The van der Waals surface area contributed by atoms with E-state index in [-0.39, 0.29) is 25.7 Å². The van der Waals surface area contributed by atoms with Crippen LogP contribution < -0.4 is 4.90 Å². The first kappa shape index (κ1) is 20.9. The van der Waals surface area contributed by atoms with Gasteiger partial charge < -0.3 is 14.4 Å². The number of anilines is 1. The van der Waals surface area contributed by atoms with E-state index in [0.29, 0.717) is 0 Å². The largest absolute Gasteiger partial charge is 0.466 e. The van der Waals surface area contributed by atoms with Gasteiger partial charge in [0.25, 0.3) is 5.91 Å². The molecule has 2 aromatic carbocycles. The van der Waals surface area contributed by atoms with Crippen LogP contribution in [0.1, 0.15) is 30.9 Å². The number of likely N-dealkylation sites (N-methyl/N-ethyl adjacent to an activating group) is 1. The van der Waals surface area contributed by atoms with Gasteiger partial charge in [-0.05, 0) is 31.0 Å². The third-order valence-electron chi connectivity index (χ3n) is 6.33. The van der Waals surface area contributed by atoms with Crippen LogP contribution in [-0.2, 0) is 25.7 Å². The smallest absolute Gasteiger partial charge is 0.411 e. The Morgan fingerprint density at radius 2 is 1.74 bits per heavy atom. The van der Waals surface area contributed by atoms with Crippen LogP contribution in [0.15, 0.2) is 54.6 Å². The van der Waals surface area contributed by atoms with Gasteiger partial charge in [0, 0.05) is 25.2 Å². The Balaban J connectivity index is 1.71. The van der Waals surface area contributed by atoms with E-state index in [0.717, 1.165) is 16.8 Å². The minimum atomic E-state index is -1.26. The molecule has 1 saturated heterocycles. The van der Waals surface area contributed by atoms with Gasteiger partial charge in [-0.1, -0.05) is 48.5 Å². The van der Waals surface area contributed by atoms with Crippen LogP contribution >= 0.6 is 0 Å². The number of hydrogen-bond acceptors (Lipinski definition) is 5. The summed E-state index contributed by atoms with van der Waals surface area (Å²) in [6.07, 6.45) is -0.621. The van der Waals surface area contributed by atoms with Gasteiger partial charge in [-0.25, -0.2) is 4.79 Å². The molecule has 31 heavy (non-hydrogen) atoms. The summed E-state index contributed by atoms with van der Waals surface area (Å²) in [6, 6.07) is 16.8. The number of carbonyl (C=O) groups excluding carboxylic acids is 3. The van der Waals surface area contributed by atoms with Crippen LogP contribution in [0.3, 0.4) is 0 Å². The van der Waals surface area contributed by atoms with Crippen LogP contribution in [0, 0.1) is 5.92 Å². The Labute approximate surface area is 181 Å². The SMILES string of the molecule is CCOC(=O)[C@H]1CN(C(=O)OCc2ccccc2)[C@]2(C)C(=O)N(C)c3ccccc3[C@H]12. The molecule has 2 amide bonds. The first-order valence-corrected chi connectivity index (χ1v) is 10.4. The van der Waals surface area contributed by atoms with E-state index < -0.39 is 29.4 Å². The van der Waals surface area contributed by atoms with Crippen molar-refractivity contribution in [2.45, 2.75) is 31.9 Å². The van der Waals surface area contributed by atoms with E-state index in [1.807, 2.05) is 54.6 Å². The number of nitrogens with zero attached hydrogens (tertiary/aromatic N) is 2. The van der Waals surface area contributed by atoms with Crippen molar-refractivity contribution in [3.05, 3.63) is 65.7 Å². The molecule has 7 nitrogen and oxygen atoms in total. The zero-order valence-electron chi connectivity index (χ0n) is 17.9. The highest BCUT2D eigenvalue weighted by molar-refractivity contribution is 6.06. The summed E-state index contributed by atoms with van der Waals surface area (Å²) in [6.45, 7) is 3.83. The third kappa shape index (κ3) is 3.34. The van der Waals surface area contributed by atoms with Crippen molar-refractivity contribution in [3.63, 3.8) is 0 Å². The van der Waals surface area contributed by atoms with Crippen LogP contribution in [0.4, 0.5) is 10.5 Å². The fourth-order valence-corrected chi connectivity index (χ4v) is 4.85. The highest BCUT2D eigenvalue weighted by atomic mass is 16.6. The lowest BCUT2D eigenvalue weighted by atomic mass is 9.72. The molecule has 0 aliphatic carbocycles. The summed E-state index contributed by atoms with van der Waals surface area (Å²) in [7, 11) is 1.69. The van der Waals surface area contributed by atoms with Crippen molar-refractivity contribution < 1.29 is 23.9 Å². The zero-order chi connectivity index (χ0) is 22.2. The number of rotatable bonds is 4. The number of hydrogen-bond donors (Lipinski definition) is 0. The Bertz CT molecular complexity index is 1010. The summed E-state index contributed by atoms with van der Waals surface area (Å²) < 4.78 is 10.9.